The first-order chi connectivity index (χ1) is 17.2. The van der Waals surface area contributed by atoms with Crippen LogP contribution in [0.5, 0.6) is 5.75 Å². The summed E-state index contributed by atoms with van der Waals surface area (Å²) in [4.78, 5) is 30.7. The predicted octanol–water partition coefficient (Wildman–Crippen LogP) is 4.68. The number of ketones is 1. The van der Waals surface area contributed by atoms with Crippen LogP contribution in [0, 0.1) is 11.6 Å². The van der Waals surface area contributed by atoms with Gasteiger partial charge in [-0.1, -0.05) is 12.1 Å². The number of fused-ring (bicyclic) bond motifs is 1. The highest BCUT2D eigenvalue weighted by molar-refractivity contribution is 7.61. The van der Waals surface area contributed by atoms with Gasteiger partial charge < -0.3 is 14.8 Å². The van der Waals surface area contributed by atoms with Crippen molar-refractivity contribution in [3.63, 3.8) is 0 Å². The standard InChI is InChI=1S/C24H17F2N3O6S/c25-18-7-8-19(29-36(33)34)22(26)21(18)23(32)17-12-28-24-16(17)10-14(11-27-24)13-3-5-15(6-4-13)35-9-1-2-20(30)31/h3-8,10-12H,1-2,9H2,(H,27,28)(H,30,31). The van der Waals surface area contributed by atoms with Crippen molar-refractivity contribution in [2.24, 2.45) is 4.36 Å². The van der Waals surface area contributed by atoms with Gasteiger partial charge in [-0.3, -0.25) is 9.59 Å². The van der Waals surface area contributed by atoms with Gasteiger partial charge in [0.1, 0.15) is 22.9 Å². The topological polar surface area (TPSA) is 139 Å². The molecule has 0 bridgehead atoms. The van der Waals surface area contributed by atoms with E-state index >= 15 is 0 Å². The van der Waals surface area contributed by atoms with Crippen LogP contribution in [0.2, 0.25) is 0 Å². The van der Waals surface area contributed by atoms with Crippen LogP contribution in [0.15, 0.2) is 59.2 Å². The predicted molar refractivity (Wildman–Crippen MR) is 125 cm³/mol. The Hall–Kier alpha value is -4.45. The van der Waals surface area contributed by atoms with E-state index < -0.39 is 45.1 Å². The number of carbonyl (C=O) groups is 2. The molecule has 36 heavy (non-hydrogen) atoms. The van der Waals surface area contributed by atoms with Crippen LogP contribution in [0.25, 0.3) is 22.2 Å². The fourth-order valence-electron chi connectivity index (χ4n) is 3.54. The molecule has 184 valence electrons. The summed E-state index contributed by atoms with van der Waals surface area (Å²) in [5.74, 6) is -3.90. The average Bonchev–Trinajstić information content (AvgIpc) is 3.27. The van der Waals surface area contributed by atoms with Crippen LogP contribution in [-0.4, -0.2) is 41.9 Å². The second-order valence-corrected chi connectivity index (χ2v) is 8.20. The third-order valence-electron chi connectivity index (χ3n) is 5.24. The molecular weight excluding hydrogens is 496 g/mol. The van der Waals surface area contributed by atoms with Crippen molar-refractivity contribution in [1.29, 1.82) is 0 Å². The summed E-state index contributed by atoms with van der Waals surface area (Å²) in [7, 11) is -2.99. The summed E-state index contributed by atoms with van der Waals surface area (Å²) in [6, 6.07) is 10.1. The first kappa shape index (κ1) is 24.7. The van der Waals surface area contributed by atoms with Crippen LogP contribution >= 0.6 is 0 Å². The Morgan fingerprint density at radius 1 is 1.08 bits per heavy atom. The Morgan fingerprint density at radius 3 is 2.53 bits per heavy atom. The molecule has 2 N–H and O–H groups in total. The summed E-state index contributed by atoms with van der Waals surface area (Å²) >= 11 is 0. The number of rotatable bonds is 9. The van der Waals surface area contributed by atoms with Crippen molar-refractivity contribution >= 4 is 39.0 Å². The van der Waals surface area contributed by atoms with Crippen LogP contribution in [0.1, 0.15) is 28.8 Å². The van der Waals surface area contributed by atoms with Crippen molar-refractivity contribution in [2.75, 3.05) is 6.61 Å². The van der Waals surface area contributed by atoms with Crippen LogP contribution in [-0.2, 0) is 15.3 Å². The van der Waals surface area contributed by atoms with Gasteiger partial charge in [-0.25, -0.2) is 13.8 Å². The van der Waals surface area contributed by atoms with Gasteiger partial charge in [0.05, 0.1) is 12.2 Å². The number of carbonyl (C=O) groups excluding carboxylic acids is 1. The molecule has 0 atom stereocenters. The number of nitrogens with one attached hydrogen (secondary N) is 1. The van der Waals surface area contributed by atoms with Gasteiger partial charge in [0.15, 0.2) is 5.82 Å². The number of benzene rings is 2. The maximum absolute atomic E-state index is 14.8. The number of aliphatic carboxylic acids is 1. The smallest absolute Gasteiger partial charge is 0.316 e. The van der Waals surface area contributed by atoms with Gasteiger partial charge in [0.2, 0.25) is 5.78 Å². The zero-order valence-corrected chi connectivity index (χ0v) is 19.2. The van der Waals surface area contributed by atoms with Crippen molar-refractivity contribution < 1.29 is 36.6 Å². The van der Waals surface area contributed by atoms with Gasteiger partial charge in [0.25, 0.3) is 0 Å². The third-order valence-corrected chi connectivity index (χ3v) is 5.58. The molecular formula is C24H17F2N3O6S. The SMILES string of the molecule is O=C(O)CCCOc1ccc(-c2cnc3[nH]cc(C(=O)c4c(F)ccc(N=S(=O)=O)c4F)c3c2)cc1. The zero-order chi connectivity index (χ0) is 25.8. The van der Waals surface area contributed by atoms with E-state index in [9.17, 15) is 26.8 Å². The molecule has 0 spiro atoms. The molecule has 9 nitrogen and oxygen atoms in total. The summed E-state index contributed by atoms with van der Waals surface area (Å²) in [6.45, 7) is 0.250. The number of hydrogen-bond donors (Lipinski definition) is 2. The minimum atomic E-state index is -2.99. The number of carboxylic acid groups (broad SMARTS) is 1. The van der Waals surface area contributed by atoms with Gasteiger partial charge in [0, 0.05) is 35.3 Å². The maximum Gasteiger partial charge on any atom is 0.316 e. The zero-order valence-electron chi connectivity index (χ0n) is 18.4. The number of nitrogens with zero attached hydrogens (tertiary/aromatic N) is 2. The van der Waals surface area contributed by atoms with E-state index in [1.54, 1.807) is 36.5 Å². The highest BCUT2D eigenvalue weighted by atomic mass is 32.2. The fourth-order valence-corrected chi connectivity index (χ4v) is 3.84. The molecule has 0 unspecified atom stereocenters. The van der Waals surface area contributed by atoms with Crippen molar-refractivity contribution in [1.82, 2.24) is 9.97 Å². The van der Waals surface area contributed by atoms with Crippen LogP contribution < -0.4 is 4.74 Å². The lowest BCUT2D eigenvalue weighted by atomic mass is 10.00. The van der Waals surface area contributed by atoms with Crippen molar-refractivity contribution in [3.8, 4) is 16.9 Å². The molecule has 2 aromatic heterocycles. The van der Waals surface area contributed by atoms with E-state index in [1.807, 2.05) is 0 Å². The Balaban J connectivity index is 1.64. The highest BCUT2D eigenvalue weighted by Gasteiger charge is 2.24. The molecule has 2 heterocycles. The third kappa shape index (κ3) is 5.28. The molecule has 4 rings (SSSR count). The van der Waals surface area contributed by atoms with Gasteiger partial charge >= 0.3 is 16.5 Å². The van der Waals surface area contributed by atoms with Crippen molar-refractivity contribution in [3.05, 3.63) is 77.6 Å². The van der Waals surface area contributed by atoms with Crippen molar-refractivity contribution in [2.45, 2.75) is 12.8 Å². The lowest BCUT2D eigenvalue weighted by Crippen LogP contribution is -2.07. The number of pyridine rings is 1. The number of halogens is 2. The number of aromatic amines is 1. The minimum absolute atomic E-state index is 0.00644. The first-order valence-electron chi connectivity index (χ1n) is 10.5. The van der Waals surface area contributed by atoms with Gasteiger partial charge in [-0.05, 0) is 42.3 Å². The van der Waals surface area contributed by atoms with E-state index in [-0.39, 0.29) is 18.6 Å². The number of ether oxygens (including phenoxy) is 1. The fraction of sp³-hybridized carbons (Fsp3) is 0.125. The number of aromatic nitrogens is 2. The largest absolute Gasteiger partial charge is 0.494 e. The average molecular weight is 513 g/mol. The molecule has 12 heteroatoms. The Kier molecular flexibility index (Phi) is 7.15. The molecule has 0 fully saturated rings. The molecule has 0 aliphatic rings. The van der Waals surface area contributed by atoms with E-state index in [0.717, 1.165) is 17.7 Å². The van der Waals surface area contributed by atoms with E-state index in [2.05, 4.69) is 14.3 Å². The molecule has 0 saturated heterocycles. The number of hydrogen-bond acceptors (Lipinski definition) is 7. The molecule has 0 aliphatic carbocycles. The first-order valence-corrected chi connectivity index (χ1v) is 11.5. The summed E-state index contributed by atoms with van der Waals surface area (Å²) in [5, 5.41) is 8.98. The monoisotopic (exact) mass is 513 g/mol. The summed E-state index contributed by atoms with van der Waals surface area (Å²) < 4.78 is 59.4. The Bertz CT molecular complexity index is 1610. The Labute approximate surface area is 204 Å². The molecule has 0 amide bonds. The maximum atomic E-state index is 14.8. The molecule has 0 radical (unpaired) electrons. The highest BCUT2D eigenvalue weighted by Crippen LogP contribution is 2.30. The molecule has 4 aromatic rings. The van der Waals surface area contributed by atoms with Crippen LogP contribution in [0.3, 0.4) is 0 Å². The number of H-pyrrole nitrogens is 1. The quantitative estimate of drug-likeness (QED) is 0.245. The van der Waals surface area contributed by atoms with Crippen LogP contribution in [0.4, 0.5) is 14.5 Å². The van der Waals surface area contributed by atoms with E-state index in [1.165, 1.54) is 6.20 Å². The second-order valence-electron chi connectivity index (χ2n) is 7.59. The number of carboxylic acids is 1. The lowest BCUT2D eigenvalue weighted by Gasteiger charge is -2.08. The Morgan fingerprint density at radius 2 is 1.83 bits per heavy atom. The summed E-state index contributed by atoms with van der Waals surface area (Å²) in [6.07, 6.45) is 3.20. The van der Waals surface area contributed by atoms with Gasteiger partial charge in [-0.15, -0.1) is 4.36 Å². The summed E-state index contributed by atoms with van der Waals surface area (Å²) in [5.41, 5.74) is -0.0360. The minimum Gasteiger partial charge on any atom is -0.494 e. The molecule has 2 aromatic carbocycles. The normalized spacial score (nSPS) is 10.8. The van der Waals surface area contributed by atoms with E-state index in [4.69, 9.17) is 9.84 Å². The lowest BCUT2D eigenvalue weighted by molar-refractivity contribution is -0.137. The second kappa shape index (κ2) is 10.4. The van der Waals surface area contributed by atoms with Gasteiger partial charge in [-0.2, -0.15) is 8.42 Å². The van der Waals surface area contributed by atoms with E-state index in [0.29, 0.717) is 28.8 Å². The molecule has 0 saturated carbocycles. The molecule has 0 aliphatic heterocycles.